The predicted octanol–water partition coefficient (Wildman–Crippen LogP) is 0.708. The number of hydrogen-bond donors (Lipinski definition) is 4. The summed E-state index contributed by atoms with van der Waals surface area (Å²) in [6.07, 6.45) is -3.11. The fourth-order valence-electron chi connectivity index (χ4n) is 1.52. The Morgan fingerprint density at radius 3 is 2.50 bits per heavy atom. The number of nitrogens with one attached hydrogen (secondary N) is 1. The Morgan fingerprint density at radius 1 is 1.40 bits per heavy atom. The van der Waals surface area contributed by atoms with Crippen molar-refractivity contribution in [1.82, 2.24) is 5.32 Å². The quantitative estimate of drug-likeness (QED) is 0.641. The lowest BCUT2D eigenvalue weighted by molar-refractivity contribution is -0.119. The number of halogens is 2. The highest BCUT2D eigenvalue weighted by molar-refractivity contribution is 6.33. The average molecular weight is 306 g/mol. The molecule has 6 nitrogen and oxygen atoms in total. The van der Waals surface area contributed by atoms with Crippen LogP contribution in [0.5, 0.6) is 0 Å². The highest BCUT2D eigenvalue weighted by atomic mass is 35.5. The molecule has 0 heterocycles. The molecule has 1 aromatic rings. The van der Waals surface area contributed by atoms with Crippen LogP contribution >= 0.6 is 11.6 Å². The molecule has 1 aromatic carbocycles. The molecular weight excluding hydrogens is 293 g/mol. The highest BCUT2D eigenvalue weighted by Crippen LogP contribution is 2.27. The molecular formula is C12H13ClFNO5. The molecule has 110 valence electrons. The molecule has 4 N–H and O–H groups in total. The number of rotatable bonds is 5. The molecule has 0 radical (unpaired) electrons. The molecule has 0 bridgehead atoms. The molecule has 2 atom stereocenters. The van der Waals surface area contributed by atoms with Crippen LogP contribution in [-0.4, -0.2) is 39.8 Å². The number of carboxylic acids is 1. The summed E-state index contributed by atoms with van der Waals surface area (Å²) in [6.45, 7) is 0.937. The Labute approximate surface area is 118 Å². The van der Waals surface area contributed by atoms with E-state index in [0.717, 1.165) is 6.07 Å². The van der Waals surface area contributed by atoms with E-state index < -0.39 is 35.5 Å². The summed E-state index contributed by atoms with van der Waals surface area (Å²) in [4.78, 5) is 21.4. The molecule has 1 rings (SSSR count). The van der Waals surface area contributed by atoms with Crippen LogP contribution in [0.4, 0.5) is 4.39 Å². The van der Waals surface area contributed by atoms with Crippen LogP contribution in [0.2, 0.25) is 5.02 Å². The van der Waals surface area contributed by atoms with Crippen molar-refractivity contribution in [3.8, 4) is 0 Å². The summed E-state index contributed by atoms with van der Waals surface area (Å²) in [5.41, 5.74) is -0.797. The molecule has 0 saturated carbocycles. The maximum atomic E-state index is 13.7. The molecule has 0 saturated heterocycles. The van der Waals surface area contributed by atoms with E-state index in [0.29, 0.717) is 6.07 Å². The van der Waals surface area contributed by atoms with Crippen LogP contribution in [0.15, 0.2) is 12.1 Å². The van der Waals surface area contributed by atoms with Crippen molar-refractivity contribution in [2.75, 3.05) is 6.54 Å². The van der Waals surface area contributed by atoms with Gasteiger partial charge in [-0.05, 0) is 12.1 Å². The minimum Gasteiger partial charge on any atom is -0.478 e. The minimum absolute atomic E-state index is 0.264. The molecule has 0 aromatic heterocycles. The number of carboxylic acid groups (broad SMARTS) is 1. The number of hydrogen-bond acceptors (Lipinski definition) is 4. The van der Waals surface area contributed by atoms with Gasteiger partial charge in [-0.15, -0.1) is 0 Å². The number of aliphatic hydroxyl groups is 2. The lowest BCUT2D eigenvalue weighted by Gasteiger charge is -2.19. The monoisotopic (exact) mass is 305 g/mol. The number of aromatic carboxylic acids is 1. The molecule has 1 amide bonds. The Hall–Kier alpha value is -1.70. The van der Waals surface area contributed by atoms with Gasteiger partial charge in [-0.25, -0.2) is 9.18 Å². The van der Waals surface area contributed by atoms with Crippen molar-refractivity contribution in [1.29, 1.82) is 0 Å². The van der Waals surface area contributed by atoms with Crippen LogP contribution in [0.3, 0.4) is 0 Å². The van der Waals surface area contributed by atoms with Crippen molar-refractivity contribution in [2.24, 2.45) is 0 Å². The van der Waals surface area contributed by atoms with Gasteiger partial charge in [0.15, 0.2) is 0 Å². The first-order valence-electron chi connectivity index (χ1n) is 5.56. The first kappa shape index (κ1) is 16.4. The molecule has 8 heteroatoms. The zero-order chi connectivity index (χ0) is 15.4. The summed E-state index contributed by atoms with van der Waals surface area (Å²) < 4.78 is 13.7. The van der Waals surface area contributed by atoms with Crippen molar-refractivity contribution in [2.45, 2.75) is 19.1 Å². The van der Waals surface area contributed by atoms with Gasteiger partial charge in [0.05, 0.1) is 10.6 Å². The zero-order valence-corrected chi connectivity index (χ0v) is 11.2. The van der Waals surface area contributed by atoms with Crippen molar-refractivity contribution >= 4 is 23.5 Å². The summed E-state index contributed by atoms with van der Waals surface area (Å²) in [5, 5.41) is 30.2. The Balaban J connectivity index is 2.98. The number of amides is 1. The fraction of sp³-hybridized carbons (Fsp3) is 0.333. The van der Waals surface area contributed by atoms with Crippen LogP contribution in [0.25, 0.3) is 0 Å². The van der Waals surface area contributed by atoms with Gasteiger partial charge in [0.1, 0.15) is 18.0 Å². The third-order valence-electron chi connectivity index (χ3n) is 2.56. The van der Waals surface area contributed by atoms with E-state index in [1.165, 1.54) is 6.92 Å². The maximum Gasteiger partial charge on any atom is 0.337 e. The maximum absolute atomic E-state index is 13.7. The van der Waals surface area contributed by atoms with Crippen LogP contribution in [0.1, 0.15) is 28.9 Å². The summed E-state index contributed by atoms with van der Waals surface area (Å²) in [7, 11) is 0. The average Bonchev–Trinajstić information content (AvgIpc) is 2.36. The fourth-order valence-corrected chi connectivity index (χ4v) is 1.77. The largest absolute Gasteiger partial charge is 0.478 e. The van der Waals surface area contributed by atoms with Crippen LogP contribution in [-0.2, 0) is 4.79 Å². The molecule has 2 unspecified atom stereocenters. The standard InChI is InChI=1S/C12H13ClFNO5/c1-5(16)15-4-10(17)11(18)7-2-8(13)6(12(19)20)3-9(7)14/h2-3,10-11,17-18H,4H2,1H3,(H,15,16)(H,19,20). The number of carbonyl (C=O) groups is 2. The molecule has 0 aliphatic rings. The summed E-state index contributed by atoms with van der Waals surface area (Å²) in [5.74, 6) is -2.84. The van der Waals surface area contributed by atoms with E-state index in [2.05, 4.69) is 5.32 Å². The van der Waals surface area contributed by atoms with E-state index in [4.69, 9.17) is 16.7 Å². The van der Waals surface area contributed by atoms with Gasteiger partial charge in [-0.3, -0.25) is 4.79 Å². The van der Waals surface area contributed by atoms with E-state index in [1.54, 1.807) is 0 Å². The predicted molar refractivity (Wildman–Crippen MR) is 68.0 cm³/mol. The lowest BCUT2D eigenvalue weighted by atomic mass is 10.0. The first-order valence-corrected chi connectivity index (χ1v) is 5.94. The third-order valence-corrected chi connectivity index (χ3v) is 2.87. The zero-order valence-electron chi connectivity index (χ0n) is 10.4. The van der Waals surface area contributed by atoms with Gasteiger partial charge >= 0.3 is 5.97 Å². The molecule has 0 aliphatic heterocycles. The second-order valence-electron chi connectivity index (χ2n) is 4.11. The van der Waals surface area contributed by atoms with Gasteiger partial charge in [0.2, 0.25) is 5.91 Å². The van der Waals surface area contributed by atoms with Crippen LogP contribution in [0, 0.1) is 5.82 Å². The summed E-state index contributed by atoms with van der Waals surface area (Å²) in [6, 6.07) is 1.59. The van der Waals surface area contributed by atoms with Gasteiger partial charge in [-0.2, -0.15) is 0 Å². The highest BCUT2D eigenvalue weighted by Gasteiger charge is 2.24. The minimum atomic E-state index is -1.65. The Bertz CT molecular complexity index is 537. The SMILES string of the molecule is CC(=O)NCC(O)C(O)c1cc(Cl)c(C(=O)O)cc1F. The van der Waals surface area contributed by atoms with E-state index >= 15 is 0 Å². The molecule has 20 heavy (non-hydrogen) atoms. The smallest absolute Gasteiger partial charge is 0.337 e. The summed E-state index contributed by atoms with van der Waals surface area (Å²) >= 11 is 5.66. The number of aliphatic hydroxyl groups excluding tert-OH is 2. The molecule has 0 fully saturated rings. The second kappa shape index (κ2) is 6.65. The van der Waals surface area contributed by atoms with Crippen LogP contribution < -0.4 is 5.32 Å². The Kier molecular flexibility index (Phi) is 5.43. The van der Waals surface area contributed by atoms with E-state index in [9.17, 15) is 24.2 Å². The third kappa shape index (κ3) is 3.89. The van der Waals surface area contributed by atoms with Gasteiger partial charge in [-0.1, -0.05) is 11.6 Å². The van der Waals surface area contributed by atoms with Crippen molar-refractivity contribution in [3.63, 3.8) is 0 Å². The van der Waals surface area contributed by atoms with E-state index in [1.807, 2.05) is 0 Å². The lowest BCUT2D eigenvalue weighted by Crippen LogP contribution is -2.34. The number of carbonyl (C=O) groups excluding carboxylic acids is 1. The van der Waals surface area contributed by atoms with Gasteiger partial charge in [0.25, 0.3) is 0 Å². The van der Waals surface area contributed by atoms with Crippen molar-refractivity contribution in [3.05, 3.63) is 34.1 Å². The Morgan fingerprint density at radius 2 is 2.00 bits per heavy atom. The first-order chi connectivity index (χ1) is 9.23. The topological polar surface area (TPSA) is 107 Å². The van der Waals surface area contributed by atoms with E-state index in [-0.39, 0.29) is 17.1 Å². The van der Waals surface area contributed by atoms with Gasteiger partial charge in [0, 0.05) is 19.0 Å². The van der Waals surface area contributed by atoms with Gasteiger partial charge < -0.3 is 20.6 Å². The number of benzene rings is 1. The van der Waals surface area contributed by atoms with Crippen molar-refractivity contribution < 1.29 is 29.3 Å². The normalized spacial score (nSPS) is 13.7. The molecule has 0 spiro atoms. The second-order valence-corrected chi connectivity index (χ2v) is 4.52. The molecule has 0 aliphatic carbocycles.